The van der Waals surface area contributed by atoms with Crippen LogP contribution >= 0.6 is 0 Å². The van der Waals surface area contributed by atoms with Gasteiger partial charge < -0.3 is 30.2 Å². The number of benzene rings is 3. The minimum Gasteiger partial charge on any atom is -0.443 e. The number of carbonyl (C=O) groups is 3. The molecule has 3 fully saturated rings. The van der Waals surface area contributed by atoms with Crippen LogP contribution in [0.5, 0.6) is 0 Å². The Morgan fingerprint density at radius 2 is 1.29 bits per heavy atom. The Kier molecular flexibility index (Phi) is 11.2. The topological polar surface area (TPSA) is 154 Å². The zero-order valence-corrected chi connectivity index (χ0v) is 33.7. The number of imidazole rings is 2. The molecule has 2 saturated heterocycles. The molecule has 4 heterocycles. The first kappa shape index (κ1) is 39.1. The molecule has 0 bridgehead atoms. The molecule has 1 aliphatic carbocycles. The van der Waals surface area contributed by atoms with Crippen molar-refractivity contribution in [3.63, 3.8) is 0 Å². The number of nitrogens with zero attached hydrogens (tertiary/aromatic N) is 5. The molecule has 3 aliphatic rings. The zero-order valence-electron chi connectivity index (χ0n) is 33.7. The average molecular weight is 783 g/mol. The van der Waals surface area contributed by atoms with Gasteiger partial charge in [-0.15, -0.1) is 0 Å². The number of carbonyl (C=O) groups excluding carboxylic acids is 3. The molecular weight excluding hydrogens is 729 g/mol. The van der Waals surface area contributed by atoms with Gasteiger partial charge >= 0.3 is 6.09 Å². The number of hydrogen-bond donors (Lipinski definition) is 3. The van der Waals surface area contributed by atoms with Gasteiger partial charge in [0.15, 0.2) is 0 Å². The molecule has 12 heteroatoms. The first-order valence-corrected chi connectivity index (χ1v) is 20.8. The van der Waals surface area contributed by atoms with Crippen LogP contribution in [0.4, 0.5) is 4.79 Å². The van der Waals surface area contributed by atoms with Crippen molar-refractivity contribution < 1.29 is 19.1 Å². The maximum atomic E-state index is 14.2. The number of primary amides is 1. The molecule has 1 saturated carbocycles. The highest BCUT2D eigenvalue weighted by Crippen LogP contribution is 2.42. The maximum absolute atomic E-state index is 14.2. The number of nitrogens with two attached hydrogens (primary N) is 1. The Hall–Kier alpha value is -5.75. The second-order valence-electron chi connectivity index (χ2n) is 16.2. The fraction of sp³-hybridized carbons (Fsp3) is 0.413. The van der Waals surface area contributed by atoms with E-state index in [1.807, 2.05) is 47.3 Å². The third kappa shape index (κ3) is 7.90. The van der Waals surface area contributed by atoms with Crippen LogP contribution in [0.2, 0.25) is 0 Å². The molecule has 5 atom stereocenters. The lowest BCUT2D eigenvalue weighted by atomic mass is 10.0. The Balaban J connectivity index is 0.913. The van der Waals surface area contributed by atoms with E-state index in [1.54, 1.807) is 0 Å². The lowest BCUT2D eigenvalue weighted by molar-refractivity contribution is -0.138. The van der Waals surface area contributed by atoms with Crippen molar-refractivity contribution in [3.05, 3.63) is 108 Å². The molecule has 2 aromatic heterocycles. The summed E-state index contributed by atoms with van der Waals surface area (Å²) in [5.41, 5.74) is 11.7. The summed E-state index contributed by atoms with van der Waals surface area (Å²) in [6, 6.07) is 26.5. The van der Waals surface area contributed by atoms with Crippen molar-refractivity contribution in [2.75, 3.05) is 26.2 Å². The van der Waals surface area contributed by atoms with Crippen LogP contribution in [-0.4, -0.2) is 84.3 Å². The highest BCUT2D eigenvalue weighted by molar-refractivity contribution is 5.84. The van der Waals surface area contributed by atoms with Crippen molar-refractivity contribution in [2.45, 2.75) is 89.4 Å². The number of rotatable bonds is 12. The number of aromatic amines is 2. The minimum absolute atomic E-state index is 0.0914. The quantitative estimate of drug-likeness (QED) is 0.115. The molecule has 4 N–H and O–H groups in total. The summed E-state index contributed by atoms with van der Waals surface area (Å²) in [4.78, 5) is 62.1. The summed E-state index contributed by atoms with van der Waals surface area (Å²) >= 11 is 0. The summed E-state index contributed by atoms with van der Waals surface area (Å²) in [6.07, 6.45) is 8.29. The molecule has 302 valence electrons. The third-order valence-electron chi connectivity index (χ3n) is 12.5. The van der Waals surface area contributed by atoms with E-state index in [1.165, 1.54) is 0 Å². The van der Waals surface area contributed by atoms with Gasteiger partial charge in [0.1, 0.15) is 23.3 Å². The van der Waals surface area contributed by atoms with Crippen LogP contribution in [0.15, 0.2) is 91.3 Å². The van der Waals surface area contributed by atoms with Crippen LogP contribution in [-0.2, 0) is 14.3 Å². The molecule has 2 unspecified atom stereocenters. The van der Waals surface area contributed by atoms with Crippen LogP contribution in [0, 0.1) is 5.92 Å². The van der Waals surface area contributed by atoms with E-state index < -0.39 is 11.7 Å². The molecule has 58 heavy (non-hydrogen) atoms. The lowest BCUT2D eigenvalue weighted by Gasteiger charge is -2.34. The molecule has 2 aliphatic heterocycles. The van der Waals surface area contributed by atoms with Gasteiger partial charge in [-0.1, -0.05) is 92.7 Å². The van der Waals surface area contributed by atoms with Crippen molar-refractivity contribution >= 4 is 17.9 Å². The summed E-state index contributed by atoms with van der Waals surface area (Å²) in [5, 5.41) is 0. The largest absolute Gasteiger partial charge is 0.443 e. The highest BCUT2D eigenvalue weighted by atomic mass is 16.6. The molecule has 0 radical (unpaired) electrons. The molecule has 8 rings (SSSR count). The van der Waals surface area contributed by atoms with Gasteiger partial charge in [0.05, 0.1) is 35.9 Å². The second kappa shape index (κ2) is 16.6. The lowest BCUT2D eigenvalue weighted by Crippen LogP contribution is -2.43. The summed E-state index contributed by atoms with van der Waals surface area (Å²) in [7, 11) is 0. The van der Waals surface area contributed by atoms with Crippen LogP contribution < -0.4 is 5.73 Å². The highest BCUT2D eigenvalue weighted by Gasteiger charge is 2.45. The van der Waals surface area contributed by atoms with Crippen LogP contribution in [0.3, 0.4) is 0 Å². The first-order chi connectivity index (χ1) is 28.1. The van der Waals surface area contributed by atoms with Gasteiger partial charge in [0.2, 0.25) is 11.8 Å². The Morgan fingerprint density at radius 1 is 0.776 bits per heavy atom. The van der Waals surface area contributed by atoms with E-state index in [0.717, 1.165) is 96.2 Å². The van der Waals surface area contributed by atoms with E-state index in [4.69, 9.17) is 20.4 Å². The van der Waals surface area contributed by atoms with Gasteiger partial charge in [0.25, 0.3) is 0 Å². The number of nitrogens with one attached hydrogen (secondary N) is 2. The van der Waals surface area contributed by atoms with Gasteiger partial charge in [-0.25, -0.2) is 14.8 Å². The predicted octanol–water partition coefficient (Wildman–Crippen LogP) is 8.20. The monoisotopic (exact) mass is 782 g/mol. The fourth-order valence-electron chi connectivity index (χ4n) is 9.50. The van der Waals surface area contributed by atoms with E-state index >= 15 is 0 Å². The average Bonchev–Trinajstić information content (AvgIpc) is 4.10. The SMILES string of the molecule is CCN(CC)C(C(=O)N1CCCC1c1ncc(-c2ccc(-c3ccc(-c4cnc([C@@H]5CCCN5C(=O)[C@@H]5CC[C@](C)(OC(N)=O)C5)[nH]4)cc3)cc2)[nH]1)c1ccccc1. The third-order valence-corrected chi connectivity index (χ3v) is 12.5. The molecule has 3 aromatic carbocycles. The van der Waals surface area contributed by atoms with E-state index in [-0.39, 0.29) is 35.9 Å². The first-order valence-electron chi connectivity index (χ1n) is 20.8. The van der Waals surface area contributed by atoms with Crippen molar-refractivity contribution in [2.24, 2.45) is 11.7 Å². The molecule has 0 spiro atoms. The van der Waals surface area contributed by atoms with Crippen molar-refractivity contribution in [1.29, 1.82) is 0 Å². The van der Waals surface area contributed by atoms with Crippen LogP contribution in [0.25, 0.3) is 33.6 Å². The molecule has 12 nitrogen and oxygen atoms in total. The molecular formula is C46H54N8O4. The van der Waals surface area contributed by atoms with Crippen molar-refractivity contribution in [3.8, 4) is 33.6 Å². The van der Waals surface area contributed by atoms with Gasteiger partial charge in [0, 0.05) is 19.0 Å². The maximum Gasteiger partial charge on any atom is 0.405 e. The normalized spacial score (nSPS) is 22.4. The van der Waals surface area contributed by atoms with Gasteiger partial charge in [-0.05, 0) is 92.8 Å². The van der Waals surface area contributed by atoms with E-state index in [0.29, 0.717) is 25.8 Å². The molecule has 3 amide bonds. The Bertz CT molecular complexity index is 2210. The summed E-state index contributed by atoms with van der Waals surface area (Å²) in [5.74, 6) is 1.65. The number of likely N-dealkylation sites (N-methyl/N-ethyl adjacent to an activating group) is 1. The number of amides is 3. The standard InChI is InChI=1S/C46H54N8O4/c1-4-52(5-2)40(34-11-7-6-8-12-34)44(56)54-26-10-14-39(54)42-49-29-37(51-42)33-21-17-31(18-22-33)30-15-19-32(20-16-30)36-28-48-41(50-36)38-13-9-25-53(38)43(55)35-23-24-46(3,27-35)58-45(47)57/h6-8,11-12,15-22,28-29,35,38-40H,4-5,9-10,13-14,23-27H2,1-3H3,(H2,47,57)(H,48,50)(H,49,51)/t35-,38+,39?,40?,46+/m1/s1. The predicted molar refractivity (Wildman–Crippen MR) is 223 cm³/mol. The number of H-pyrrole nitrogens is 2. The van der Waals surface area contributed by atoms with Crippen molar-refractivity contribution in [1.82, 2.24) is 34.6 Å². The number of hydrogen-bond acceptors (Lipinski definition) is 7. The summed E-state index contributed by atoms with van der Waals surface area (Å²) < 4.78 is 5.35. The number of ether oxygens (including phenoxy) is 1. The van der Waals surface area contributed by atoms with Crippen LogP contribution in [0.1, 0.15) is 101 Å². The Labute approximate surface area is 340 Å². The fourth-order valence-corrected chi connectivity index (χ4v) is 9.50. The number of likely N-dealkylation sites (tertiary alicyclic amines) is 2. The zero-order chi connectivity index (χ0) is 40.4. The Morgan fingerprint density at radius 3 is 1.83 bits per heavy atom. The smallest absolute Gasteiger partial charge is 0.405 e. The van der Waals surface area contributed by atoms with Gasteiger partial charge in [-0.3, -0.25) is 14.5 Å². The summed E-state index contributed by atoms with van der Waals surface area (Å²) in [6.45, 7) is 9.07. The minimum atomic E-state index is -0.797. The van der Waals surface area contributed by atoms with E-state index in [2.05, 4.69) is 89.4 Å². The van der Waals surface area contributed by atoms with E-state index in [9.17, 15) is 14.4 Å². The van der Waals surface area contributed by atoms with Gasteiger partial charge in [-0.2, -0.15) is 0 Å². The number of aromatic nitrogens is 4. The second-order valence-corrected chi connectivity index (χ2v) is 16.2. The molecule has 5 aromatic rings.